The Morgan fingerprint density at radius 1 is 1.47 bits per heavy atom. The topological polar surface area (TPSA) is 21.3 Å². The molecule has 1 saturated heterocycles. The van der Waals surface area contributed by atoms with Crippen molar-refractivity contribution in [2.75, 3.05) is 19.7 Å². The molecule has 0 bridgehead atoms. The zero-order valence-corrected chi connectivity index (χ0v) is 9.46. The largest absolute Gasteiger partial charge is 0.376 e. The maximum atomic E-state index is 5.89. The van der Waals surface area contributed by atoms with Crippen LogP contribution in [0.4, 0.5) is 0 Å². The van der Waals surface area contributed by atoms with Crippen LogP contribution in [0.2, 0.25) is 5.02 Å². The van der Waals surface area contributed by atoms with Crippen LogP contribution in [-0.4, -0.2) is 19.7 Å². The zero-order valence-electron chi connectivity index (χ0n) is 8.71. The number of hydrogen-bond donors (Lipinski definition) is 1. The average molecular weight is 226 g/mol. The third-order valence-corrected chi connectivity index (χ3v) is 2.91. The van der Waals surface area contributed by atoms with E-state index in [9.17, 15) is 0 Å². The molecule has 0 radical (unpaired) electrons. The summed E-state index contributed by atoms with van der Waals surface area (Å²) in [7, 11) is 0. The summed E-state index contributed by atoms with van der Waals surface area (Å²) in [5, 5.41) is 4.11. The molecule has 0 spiro atoms. The van der Waals surface area contributed by atoms with E-state index in [4.69, 9.17) is 16.3 Å². The van der Waals surface area contributed by atoms with Crippen molar-refractivity contribution in [3.05, 3.63) is 34.9 Å². The molecule has 1 aromatic rings. The number of hydrogen-bond acceptors (Lipinski definition) is 2. The van der Waals surface area contributed by atoms with Crippen molar-refractivity contribution in [2.45, 2.75) is 13.0 Å². The third kappa shape index (κ3) is 3.49. The predicted molar refractivity (Wildman–Crippen MR) is 62.1 cm³/mol. The molecule has 1 aliphatic heterocycles. The van der Waals surface area contributed by atoms with Crippen molar-refractivity contribution in [1.29, 1.82) is 0 Å². The lowest BCUT2D eigenvalue weighted by atomic mass is 10.1. The van der Waals surface area contributed by atoms with Crippen LogP contribution in [0.5, 0.6) is 0 Å². The molecule has 2 nitrogen and oxygen atoms in total. The van der Waals surface area contributed by atoms with E-state index in [1.807, 2.05) is 24.3 Å². The first kappa shape index (κ1) is 10.9. The monoisotopic (exact) mass is 225 g/mol. The maximum absolute atomic E-state index is 5.89. The lowest BCUT2D eigenvalue weighted by molar-refractivity contribution is 0.0925. The molecule has 1 aliphatic rings. The van der Waals surface area contributed by atoms with E-state index in [0.717, 1.165) is 30.3 Å². The van der Waals surface area contributed by atoms with Crippen molar-refractivity contribution in [2.24, 2.45) is 5.92 Å². The van der Waals surface area contributed by atoms with Crippen LogP contribution in [-0.2, 0) is 11.3 Å². The minimum absolute atomic E-state index is 0.664. The molecular weight excluding hydrogens is 210 g/mol. The van der Waals surface area contributed by atoms with Gasteiger partial charge >= 0.3 is 0 Å². The van der Waals surface area contributed by atoms with Gasteiger partial charge in [-0.1, -0.05) is 23.7 Å². The molecule has 0 amide bonds. The second-order valence-electron chi connectivity index (χ2n) is 4.00. The molecule has 0 aromatic heterocycles. The normalized spacial score (nSPS) is 20.7. The van der Waals surface area contributed by atoms with Gasteiger partial charge in [-0.3, -0.25) is 0 Å². The number of ether oxygens (including phenoxy) is 1. The smallest absolute Gasteiger partial charge is 0.0717 e. The Kier molecular flexibility index (Phi) is 4.01. The van der Waals surface area contributed by atoms with Crippen molar-refractivity contribution in [3.8, 4) is 0 Å². The van der Waals surface area contributed by atoms with Crippen LogP contribution in [0.15, 0.2) is 24.3 Å². The highest BCUT2D eigenvalue weighted by molar-refractivity contribution is 6.30. The molecule has 1 unspecified atom stereocenters. The van der Waals surface area contributed by atoms with Gasteiger partial charge in [0.25, 0.3) is 0 Å². The highest BCUT2D eigenvalue weighted by Gasteiger charge is 2.13. The van der Waals surface area contributed by atoms with Crippen molar-refractivity contribution in [3.63, 3.8) is 0 Å². The fraction of sp³-hybridized carbons (Fsp3) is 0.500. The Bertz CT molecular complexity index is 310. The summed E-state index contributed by atoms with van der Waals surface area (Å²) in [5.41, 5.74) is 1.15. The summed E-state index contributed by atoms with van der Waals surface area (Å²) in [6, 6.07) is 7.83. The van der Waals surface area contributed by atoms with Gasteiger partial charge in [0, 0.05) is 11.6 Å². The Morgan fingerprint density at radius 3 is 3.13 bits per heavy atom. The molecule has 82 valence electrons. The van der Waals surface area contributed by atoms with Crippen molar-refractivity contribution >= 4 is 11.6 Å². The minimum Gasteiger partial charge on any atom is -0.376 e. The van der Waals surface area contributed by atoms with Gasteiger partial charge in [-0.05, 0) is 36.6 Å². The number of halogens is 1. The summed E-state index contributed by atoms with van der Waals surface area (Å²) in [5.74, 6) is 0.684. The fourth-order valence-electron chi connectivity index (χ4n) is 1.83. The molecule has 15 heavy (non-hydrogen) atoms. The molecule has 1 N–H and O–H groups in total. The Hall–Kier alpha value is -0.570. The molecule has 1 aromatic carbocycles. The van der Waals surface area contributed by atoms with E-state index in [-0.39, 0.29) is 0 Å². The van der Waals surface area contributed by atoms with Gasteiger partial charge in [-0.25, -0.2) is 0 Å². The SMILES string of the molecule is Clc1cccc(COCC2CCNC2)c1. The number of nitrogens with one attached hydrogen (secondary N) is 1. The van der Waals surface area contributed by atoms with Gasteiger partial charge in [-0.2, -0.15) is 0 Å². The first-order chi connectivity index (χ1) is 7.34. The summed E-state index contributed by atoms with van der Waals surface area (Å²) < 4.78 is 5.66. The highest BCUT2D eigenvalue weighted by atomic mass is 35.5. The van der Waals surface area contributed by atoms with Gasteiger partial charge in [0.1, 0.15) is 0 Å². The number of rotatable bonds is 4. The Labute approximate surface area is 95.6 Å². The van der Waals surface area contributed by atoms with Gasteiger partial charge in [0.2, 0.25) is 0 Å². The van der Waals surface area contributed by atoms with Gasteiger partial charge in [0.05, 0.1) is 13.2 Å². The third-order valence-electron chi connectivity index (χ3n) is 2.67. The Balaban J connectivity index is 1.73. The van der Waals surface area contributed by atoms with E-state index >= 15 is 0 Å². The van der Waals surface area contributed by atoms with E-state index < -0.39 is 0 Å². The van der Waals surface area contributed by atoms with E-state index in [1.165, 1.54) is 6.42 Å². The van der Waals surface area contributed by atoms with E-state index in [0.29, 0.717) is 12.5 Å². The second kappa shape index (κ2) is 5.50. The zero-order chi connectivity index (χ0) is 10.5. The second-order valence-corrected chi connectivity index (χ2v) is 4.44. The maximum Gasteiger partial charge on any atom is 0.0717 e. The molecule has 2 rings (SSSR count). The Morgan fingerprint density at radius 2 is 2.40 bits per heavy atom. The molecule has 0 saturated carbocycles. The van der Waals surface area contributed by atoms with Crippen LogP contribution < -0.4 is 5.32 Å². The quantitative estimate of drug-likeness (QED) is 0.850. The van der Waals surface area contributed by atoms with Crippen molar-refractivity contribution < 1.29 is 4.74 Å². The van der Waals surface area contributed by atoms with E-state index in [2.05, 4.69) is 5.32 Å². The summed E-state index contributed by atoms with van der Waals surface area (Å²) in [4.78, 5) is 0. The summed E-state index contributed by atoms with van der Waals surface area (Å²) in [6.45, 7) is 3.73. The van der Waals surface area contributed by atoms with Gasteiger partial charge < -0.3 is 10.1 Å². The van der Waals surface area contributed by atoms with Crippen LogP contribution >= 0.6 is 11.6 Å². The predicted octanol–water partition coefficient (Wildman–Crippen LogP) is 2.47. The molecular formula is C12H16ClNO. The first-order valence-electron chi connectivity index (χ1n) is 5.37. The van der Waals surface area contributed by atoms with Gasteiger partial charge in [0.15, 0.2) is 0 Å². The molecule has 1 atom stereocenters. The number of benzene rings is 1. The fourth-order valence-corrected chi connectivity index (χ4v) is 2.04. The first-order valence-corrected chi connectivity index (χ1v) is 5.75. The lowest BCUT2D eigenvalue weighted by Crippen LogP contribution is -2.13. The summed E-state index contributed by atoms with van der Waals surface area (Å²) in [6.07, 6.45) is 1.23. The van der Waals surface area contributed by atoms with Gasteiger partial charge in [-0.15, -0.1) is 0 Å². The molecule has 3 heteroatoms. The van der Waals surface area contributed by atoms with Crippen LogP contribution in [0.1, 0.15) is 12.0 Å². The molecule has 1 heterocycles. The van der Waals surface area contributed by atoms with Crippen LogP contribution in [0, 0.1) is 5.92 Å². The molecule has 1 fully saturated rings. The summed E-state index contributed by atoms with van der Waals surface area (Å²) >= 11 is 5.89. The average Bonchev–Trinajstić information content (AvgIpc) is 2.71. The lowest BCUT2D eigenvalue weighted by Gasteiger charge is -2.09. The van der Waals surface area contributed by atoms with Crippen LogP contribution in [0.25, 0.3) is 0 Å². The van der Waals surface area contributed by atoms with Crippen molar-refractivity contribution in [1.82, 2.24) is 5.32 Å². The van der Waals surface area contributed by atoms with Crippen LogP contribution in [0.3, 0.4) is 0 Å². The minimum atomic E-state index is 0.664. The standard InChI is InChI=1S/C12H16ClNO/c13-12-3-1-2-10(6-12)8-15-9-11-4-5-14-7-11/h1-3,6,11,14H,4-5,7-9H2. The van der Waals surface area contributed by atoms with E-state index in [1.54, 1.807) is 0 Å². The highest BCUT2D eigenvalue weighted by Crippen LogP contribution is 2.13. The molecule has 0 aliphatic carbocycles.